The molecule has 0 spiro atoms. The van der Waals surface area contributed by atoms with Crippen LogP contribution >= 0.6 is 0 Å². The Kier molecular flexibility index (Phi) is 11.2. The van der Waals surface area contributed by atoms with Crippen molar-refractivity contribution in [3.63, 3.8) is 0 Å². The third-order valence-corrected chi connectivity index (χ3v) is 20.0. The fourth-order valence-corrected chi connectivity index (χ4v) is 18.1. The highest BCUT2D eigenvalue weighted by Gasteiger charge is 2.66. The van der Waals surface area contributed by atoms with Crippen LogP contribution in [0.1, 0.15) is 103 Å². The predicted molar refractivity (Wildman–Crippen MR) is 194 cm³/mol. The summed E-state index contributed by atoms with van der Waals surface area (Å²) >= 11 is 0. The van der Waals surface area contributed by atoms with Crippen LogP contribution in [0.3, 0.4) is 0 Å². The number of carbonyl (C=O) groups is 2. The lowest BCUT2D eigenvalue weighted by atomic mass is 9.93. The molecule has 14 heteroatoms. The molecule has 2 aromatic heterocycles. The summed E-state index contributed by atoms with van der Waals surface area (Å²) in [5.74, 6) is -2.81. The molecule has 2 aliphatic rings. The van der Waals surface area contributed by atoms with Gasteiger partial charge >= 0.3 is 29.0 Å². The number of fused-ring (bicyclic) bond motifs is 2. The van der Waals surface area contributed by atoms with Crippen LogP contribution in [0.5, 0.6) is 0 Å². The topological polar surface area (TPSA) is 136 Å². The van der Waals surface area contributed by atoms with E-state index < -0.39 is 58.0 Å². The summed E-state index contributed by atoms with van der Waals surface area (Å²) in [5.41, 5.74) is -0.462. The van der Waals surface area contributed by atoms with Crippen LogP contribution in [-0.4, -0.2) is 67.3 Å². The highest BCUT2D eigenvalue weighted by molar-refractivity contribution is 6.84. The van der Waals surface area contributed by atoms with Gasteiger partial charge in [0.15, 0.2) is 17.0 Å². The minimum absolute atomic E-state index is 0.0755. The van der Waals surface area contributed by atoms with Crippen LogP contribution < -0.4 is 5.32 Å². The van der Waals surface area contributed by atoms with Crippen molar-refractivity contribution in [3.8, 4) is 0 Å². The Balaban J connectivity index is 1.99. The molecule has 4 heterocycles. The van der Waals surface area contributed by atoms with Crippen molar-refractivity contribution < 1.29 is 32.0 Å². The molecule has 2 aliphatic heterocycles. The number of hydrogen-bond donors (Lipinski definition) is 1. The minimum Gasteiger partial charge on any atom is -0.414 e. The molecular weight excluding hydrogens is 659 g/mol. The van der Waals surface area contributed by atoms with Crippen molar-refractivity contribution in [1.29, 1.82) is 0 Å². The van der Waals surface area contributed by atoms with E-state index in [1.807, 2.05) is 20.8 Å². The molecule has 2 fully saturated rings. The molecule has 274 valence electrons. The number of carbonyl (C=O) groups excluding carboxylic acids is 2. The normalized spacial score (nSPS) is 25.8. The van der Waals surface area contributed by atoms with Crippen LogP contribution in [0.2, 0.25) is 22.2 Å². The monoisotopic (exact) mass is 717 g/mol. The summed E-state index contributed by atoms with van der Waals surface area (Å²) in [4.78, 5) is 40.6. The van der Waals surface area contributed by atoms with E-state index in [9.17, 15) is 9.59 Å². The first-order chi connectivity index (χ1) is 22.6. The molecule has 1 unspecified atom stereocenters. The first-order valence-electron chi connectivity index (χ1n) is 17.6. The average Bonchev–Trinajstić information content (AvgIpc) is 3.52. The standard InChI is InChI=1S/C35H59N5O7Si2/c1-16-17-25-28-26(18-43-48(21(2)3,22(4)5)47-49(46-28,23(6)7)24(8)9)44-35(25,45-32(42)34(13,14)15)40-20-38-27-29(36-19-37-30(27)40)39-31(41)33(10,11)12/h16,19-26,28H,1,17-18H2,2-15H3,(H,36,37,39,41)/t25?,26-,28+,35-/m1/s1. The van der Waals surface area contributed by atoms with Gasteiger partial charge < -0.3 is 27.8 Å². The fourth-order valence-electron chi connectivity index (χ4n) is 6.85. The number of amides is 1. The number of aromatic nitrogens is 4. The van der Waals surface area contributed by atoms with Crippen molar-refractivity contribution in [2.75, 3.05) is 11.9 Å². The number of esters is 1. The zero-order valence-corrected chi connectivity index (χ0v) is 34.0. The average molecular weight is 718 g/mol. The molecule has 0 bridgehead atoms. The van der Waals surface area contributed by atoms with Gasteiger partial charge in [0.1, 0.15) is 18.8 Å². The Bertz CT molecular complexity index is 1510. The molecule has 0 radical (unpaired) electrons. The number of imidazole rings is 1. The van der Waals surface area contributed by atoms with Gasteiger partial charge in [-0.1, -0.05) is 82.2 Å². The predicted octanol–water partition coefficient (Wildman–Crippen LogP) is 7.56. The van der Waals surface area contributed by atoms with Crippen LogP contribution in [0.4, 0.5) is 5.82 Å². The minimum atomic E-state index is -3.08. The van der Waals surface area contributed by atoms with Crippen molar-refractivity contribution in [2.45, 2.75) is 144 Å². The SMILES string of the molecule is C=CCC1[C@@H]2O[Si](C(C)C)(C(C)C)O[Si](C(C)C)(C(C)C)OC[C@H]2O[C@]1(OC(=O)C(C)(C)C)n1cnc2c(NC(=O)C(C)(C)C)ncnc21. The summed E-state index contributed by atoms with van der Waals surface area (Å²) in [5, 5.41) is 2.89. The Morgan fingerprint density at radius 2 is 1.57 bits per heavy atom. The molecule has 2 saturated heterocycles. The lowest BCUT2D eigenvalue weighted by Crippen LogP contribution is -2.65. The number of nitrogens with zero attached hydrogens (tertiary/aromatic N) is 4. The van der Waals surface area contributed by atoms with Gasteiger partial charge in [-0.3, -0.25) is 14.2 Å². The van der Waals surface area contributed by atoms with Crippen LogP contribution in [0, 0.1) is 16.7 Å². The molecule has 2 aromatic rings. The number of ether oxygens (including phenoxy) is 2. The van der Waals surface area contributed by atoms with E-state index in [1.54, 1.807) is 31.4 Å². The Morgan fingerprint density at radius 1 is 0.980 bits per heavy atom. The molecule has 49 heavy (non-hydrogen) atoms. The molecule has 0 aliphatic carbocycles. The number of allylic oxidation sites excluding steroid dienone is 1. The second-order valence-corrected chi connectivity index (χ2v) is 25.7. The van der Waals surface area contributed by atoms with E-state index >= 15 is 0 Å². The van der Waals surface area contributed by atoms with E-state index in [2.05, 4.69) is 82.2 Å². The van der Waals surface area contributed by atoms with Crippen molar-refractivity contribution in [3.05, 3.63) is 25.3 Å². The van der Waals surface area contributed by atoms with Gasteiger partial charge in [0, 0.05) is 5.41 Å². The number of rotatable bonds is 9. The maximum atomic E-state index is 14.0. The summed E-state index contributed by atoms with van der Waals surface area (Å²) in [7, 11) is -5.97. The second kappa shape index (κ2) is 13.9. The zero-order valence-electron chi connectivity index (χ0n) is 32.0. The smallest absolute Gasteiger partial charge is 0.335 e. The molecule has 0 saturated carbocycles. The van der Waals surface area contributed by atoms with Crippen molar-refractivity contribution >= 4 is 46.0 Å². The first kappa shape index (κ1) is 39.3. The van der Waals surface area contributed by atoms with Gasteiger partial charge in [-0.2, -0.15) is 0 Å². The molecule has 0 aromatic carbocycles. The van der Waals surface area contributed by atoms with Crippen molar-refractivity contribution in [2.24, 2.45) is 16.7 Å². The summed E-state index contributed by atoms with van der Waals surface area (Å²) in [6.45, 7) is 32.5. The van der Waals surface area contributed by atoms with Crippen LogP contribution in [0.25, 0.3) is 11.2 Å². The number of nitrogens with one attached hydrogen (secondary N) is 1. The lowest BCUT2D eigenvalue weighted by Gasteiger charge is -2.51. The van der Waals surface area contributed by atoms with Crippen molar-refractivity contribution in [1.82, 2.24) is 19.5 Å². The van der Waals surface area contributed by atoms with Crippen LogP contribution in [-0.2, 0) is 37.9 Å². The molecule has 4 atom stereocenters. The van der Waals surface area contributed by atoms with Gasteiger partial charge in [-0.25, -0.2) is 15.0 Å². The maximum absolute atomic E-state index is 14.0. The Morgan fingerprint density at radius 3 is 2.08 bits per heavy atom. The van der Waals surface area contributed by atoms with E-state index in [1.165, 1.54) is 12.7 Å². The summed E-state index contributed by atoms with van der Waals surface area (Å²) in [6, 6.07) is 0. The zero-order chi connectivity index (χ0) is 36.9. The fraction of sp³-hybridized carbons (Fsp3) is 0.743. The van der Waals surface area contributed by atoms with E-state index in [0.717, 1.165) is 0 Å². The Labute approximate surface area is 294 Å². The summed E-state index contributed by atoms with van der Waals surface area (Å²) in [6.07, 6.45) is 3.83. The number of hydrogen-bond acceptors (Lipinski definition) is 10. The third-order valence-electron chi connectivity index (χ3n) is 9.74. The highest BCUT2D eigenvalue weighted by Crippen LogP contribution is 2.53. The second-order valence-electron chi connectivity index (χ2n) is 16.8. The van der Waals surface area contributed by atoms with Gasteiger partial charge in [0.25, 0.3) is 0 Å². The first-order valence-corrected chi connectivity index (χ1v) is 21.6. The Hall–Kier alpha value is -2.50. The molecular formula is C35H59N5O7Si2. The lowest BCUT2D eigenvalue weighted by molar-refractivity contribution is -0.291. The molecule has 1 amide bonds. The van der Waals surface area contributed by atoms with Crippen LogP contribution in [0.15, 0.2) is 25.3 Å². The summed E-state index contributed by atoms with van der Waals surface area (Å²) < 4.78 is 37.3. The molecule has 1 N–H and O–H groups in total. The van der Waals surface area contributed by atoms with E-state index in [4.69, 9.17) is 22.4 Å². The maximum Gasteiger partial charge on any atom is 0.335 e. The van der Waals surface area contributed by atoms with Gasteiger partial charge in [-0.15, -0.1) is 6.58 Å². The van der Waals surface area contributed by atoms with Gasteiger partial charge in [0.2, 0.25) is 5.91 Å². The van der Waals surface area contributed by atoms with Gasteiger partial charge in [-0.05, 0) is 49.4 Å². The van der Waals surface area contributed by atoms with Gasteiger partial charge in [0.05, 0.1) is 24.0 Å². The number of anilines is 1. The highest BCUT2D eigenvalue weighted by atomic mass is 28.5. The van der Waals surface area contributed by atoms with E-state index in [-0.39, 0.29) is 40.5 Å². The quantitative estimate of drug-likeness (QED) is 0.157. The molecule has 12 nitrogen and oxygen atoms in total. The largest absolute Gasteiger partial charge is 0.414 e. The van der Waals surface area contributed by atoms with E-state index in [0.29, 0.717) is 17.6 Å². The molecule has 4 rings (SSSR count). The third kappa shape index (κ3) is 7.05.